The molecule has 0 aliphatic heterocycles. The molecular weight excluding hydrogens is 121 g/mol. The molecule has 3 nitrogen and oxygen atoms in total. The van der Waals surface area contributed by atoms with E-state index in [1.807, 2.05) is 0 Å². The van der Waals surface area contributed by atoms with Gasteiger partial charge in [-0.2, -0.15) is 0 Å². The van der Waals surface area contributed by atoms with Gasteiger partial charge in [0.25, 0.3) is 0 Å². The smallest absolute Gasteiger partial charge is 1.00 e. The van der Waals surface area contributed by atoms with Crippen LogP contribution in [-0.4, -0.2) is 5.21 Å². The molecule has 0 aromatic rings. The number of rotatable bonds is 0. The molecule has 0 saturated heterocycles. The average molecular weight is 124 g/mol. The van der Waals surface area contributed by atoms with E-state index in [9.17, 15) is 0 Å². The number of hydrogen-bond acceptors (Lipinski definition) is 2. The molecular formula is H3ClKNO2. The van der Waals surface area contributed by atoms with Crippen molar-refractivity contribution in [2.75, 3.05) is 0 Å². The van der Waals surface area contributed by atoms with E-state index >= 15 is 0 Å². The topological polar surface area (TPSA) is 49.7 Å². The molecule has 0 aromatic carbocycles. The molecule has 0 bridgehead atoms. The zero-order chi connectivity index (χ0) is 2.71. The van der Waals surface area contributed by atoms with Crippen molar-refractivity contribution in [3.05, 3.63) is 4.91 Å². The molecule has 0 aliphatic carbocycles. The molecule has 0 rings (SSSR count). The maximum Gasteiger partial charge on any atom is 1.00 e. The average Bonchev–Trinajstić information content (AvgIpc) is 0.918. The SMILES string of the molecule is Cl.O=NO.[H-].[K+]. The second-order valence-electron chi connectivity index (χ2n) is 0.0816. The Labute approximate surface area is 79.4 Å². The van der Waals surface area contributed by atoms with E-state index in [1.165, 1.54) is 5.34 Å². The van der Waals surface area contributed by atoms with Crippen LogP contribution >= 0.6 is 12.4 Å². The molecule has 1 N–H and O–H groups in total. The van der Waals surface area contributed by atoms with Crippen molar-refractivity contribution in [1.29, 1.82) is 0 Å². The minimum atomic E-state index is 0. The first-order valence-corrected chi connectivity index (χ1v) is 0.383. The van der Waals surface area contributed by atoms with Crippen molar-refractivity contribution in [3.8, 4) is 0 Å². The van der Waals surface area contributed by atoms with Crippen LogP contribution in [-0.2, 0) is 0 Å². The van der Waals surface area contributed by atoms with Gasteiger partial charge in [0.05, 0.1) is 0 Å². The minimum Gasteiger partial charge on any atom is -1.00 e. The van der Waals surface area contributed by atoms with Gasteiger partial charge in [-0.25, -0.2) is 0 Å². The number of hydrogen-bond donors (Lipinski definition) is 1. The van der Waals surface area contributed by atoms with Gasteiger partial charge in [-0.15, -0.1) is 17.3 Å². The molecule has 0 fully saturated rings. The van der Waals surface area contributed by atoms with Crippen LogP contribution in [0.4, 0.5) is 0 Å². The summed E-state index contributed by atoms with van der Waals surface area (Å²) in [5, 5.41) is 7.89. The van der Waals surface area contributed by atoms with Crippen LogP contribution in [0.15, 0.2) is 5.34 Å². The first-order chi connectivity index (χ1) is 1.41. The molecule has 0 heterocycles. The maximum atomic E-state index is 8.11. The summed E-state index contributed by atoms with van der Waals surface area (Å²) in [6, 6.07) is 0. The second kappa shape index (κ2) is 18.4. The minimum absolute atomic E-state index is 0. The zero-order valence-electron chi connectivity index (χ0n) is 3.71. The van der Waals surface area contributed by atoms with Crippen molar-refractivity contribution in [1.82, 2.24) is 0 Å². The normalized spacial score (nSPS) is 2.40. The van der Waals surface area contributed by atoms with Gasteiger partial charge in [0.2, 0.25) is 0 Å². The van der Waals surface area contributed by atoms with Crippen LogP contribution in [0, 0.1) is 4.91 Å². The molecule has 0 amide bonds. The van der Waals surface area contributed by atoms with Gasteiger partial charge in [0, 0.05) is 0 Å². The van der Waals surface area contributed by atoms with E-state index in [0.29, 0.717) is 0 Å². The van der Waals surface area contributed by atoms with E-state index in [0.717, 1.165) is 0 Å². The molecule has 5 heavy (non-hydrogen) atoms. The Morgan fingerprint density at radius 1 is 1.80 bits per heavy atom. The van der Waals surface area contributed by atoms with Gasteiger partial charge in [0.15, 0.2) is 5.34 Å². The summed E-state index contributed by atoms with van der Waals surface area (Å²) < 4.78 is 0. The molecule has 0 atom stereocenters. The number of halogens is 1. The maximum absolute atomic E-state index is 8.11. The largest absolute Gasteiger partial charge is 1.00 e. The summed E-state index contributed by atoms with van der Waals surface area (Å²) >= 11 is 0. The fraction of sp³-hybridized carbons (Fsp3) is 0. The van der Waals surface area contributed by atoms with Gasteiger partial charge < -0.3 is 6.63 Å². The standard InChI is InChI=1S/ClH.K.HNO2.H/c;;2-1-3;/h1H;;(H,2,3);/q;+1;;-1. The molecule has 0 aromatic heterocycles. The summed E-state index contributed by atoms with van der Waals surface area (Å²) in [5.74, 6) is 0. The summed E-state index contributed by atoms with van der Waals surface area (Å²) in [7, 11) is 0. The Kier molecular flexibility index (Phi) is 59.8. The Balaban J connectivity index is -0.00000000667. The van der Waals surface area contributed by atoms with Crippen molar-refractivity contribution >= 4 is 12.4 Å². The first-order valence-electron chi connectivity index (χ1n) is 0.383. The van der Waals surface area contributed by atoms with Crippen LogP contribution in [0.25, 0.3) is 0 Å². The Morgan fingerprint density at radius 2 is 1.80 bits per heavy atom. The molecule has 0 spiro atoms. The van der Waals surface area contributed by atoms with Gasteiger partial charge in [-0.3, -0.25) is 0 Å². The third-order valence-corrected chi connectivity index (χ3v) is 0. The van der Waals surface area contributed by atoms with Crippen molar-refractivity contribution in [3.63, 3.8) is 0 Å². The monoisotopic (exact) mass is 123 g/mol. The fourth-order valence-corrected chi connectivity index (χ4v) is 0. The quantitative estimate of drug-likeness (QED) is 0.223. The Morgan fingerprint density at radius 3 is 1.80 bits per heavy atom. The van der Waals surface area contributed by atoms with Gasteiger partial charge in [-0.05, 0) is 0 Å². The third-order valence-electron chi connectivity index (χ3n) is 0. The Hall–Kier alpha value is 1.33. The summed E-state index contributed by atoms with van der Waals surface area (Å²) in [4.78, 5) is 8.11. The molecule has 0 saturated carbocycles. The van der Waals surface area contributed by atoms with E-state index < -0.39 is 0 Å². The summed E-state index contributed by atoms with van der Waals surface area (Å²) in [5.41, 5.74) is 0. The van der Waals surface area contributed by atoms with Crippen LogP contribution in [0.2, 0.25) is 0 Å². The van der Waals surface area contributed by atoms with E-state index in [-0.39, 0.29) is 65.2 Å². The van der Waals surface area contributed by atoms with E-state index in [1.54, 1.807) is 0 Å². The van der Waals surface area contributed by atoms with Crippen LogP contribution in [0.3, 0.4) is 0 Å². The summed E-state index contributed by atoms with van der Waals surface area (Å²) in [6.45, 7) is 0. The van der Waals surface area contributed by atoms with E-state index in [4.69, 9.17) is 10.1 Å². The van der Waals surface area contributed by atoms with Crippen molar-refractivity contribution in [2.24, 2.45) is 5.34 Å². The first kappa shape index (κ1) is 16.2. The van der Waals surface area contributed by atoms with Gasteiger partial charge in [-0.1, -0.05) is 0 Å². The van der Waals surface area contributed by atoms with Gasteiger partial charge in [0.1, 0.15) is 0 Å². The molecule has 28 valence electrons. The molecule has 5 heteroatoms. The predicted molar refractivity (Wildman–Crippen MR) is 15.9 cm³/mol. The molecule has 0 radical (unpaired) electrons. The Bertz CT molecular complexity index is 21.0. The fourth-order valence-electron chi connectivity index (χ4n) is 0. The molecule has 0 aliphatic rings. The second-order valence-corrected chi connectivity index (χ2v) is 0.0816. The number of nitrogens with zero attached hydrogens (tertiary/aromatic N) is 1. The predicted octanol–water partition coefficient (Wildman–Crippen LogP) is -2.32. The van der Waals surface area contributed by atoms with Crippen molar-refractivity contribution in [2.45, 2.75) is 0 Å². The molecule has 0 unspecified atom stereocenters. The van der Waals surface area contributed by atoms with Gasteiger partial charge >= 0.3 is 51.4 Å². The summed E-state index contributed by atoms with van der Waals surface area (Å²) in [6.07, 6.45) is 0. The van der Waals surface area contributed by atoms with Crippen LogP contribution < -0.4 is 51.4 Å². The zero-order valence-corrected chi connectivity index (χ0v) is 6.65. The van der Waals surface area contributed by atoms with Crippen LogP contribution in [0.5, 0.6) is 0 Å². The van der Waals surface area contributed by atoms with Crippen LogP contribution in [0.1, 0.15) is 1.43 Å². The van der Waals surface area contributed by atoms with E-state index in [2.05, 4.69) is 0 Å². The third kappa shape index (κ3) is 33.5. The van der Waals surface area contributed by atoms with Crippen molar-refractivity contribution < 1.29 is 58.0 Å².